The van der Waals surface area contributed by atoms with E-state index in [1.807, 2.05) is 25.1 Å². The number of benzene rings is 2. The van der Waals surface area contributed by atoms with Gasteiger partial charge in [0.15, 0.2) is 0 Å². The van der Waals surface area contributed by atoms with Crippen molar-refractivity contribution in [2.75, 3.05) is 50.8 Å². The number of nitrogens with one attached hydrogen (secondary N) is 1. The van der Waals surface area contributed by atoms with Gasteiger partial charge in [-0.2, -0.15) is 0 Å². The van der Waals surface area contributed by atoms with Gasteiger partial charge < -0.3 is 15.0 Å². The van der Waals surface area contributed by atoms with Gasteiger partial charge in [-0.15, -0.1) is 0 Å². The second-order valence-electron chi connectivity index (χ2n) is 7.73. The molecule has 0 atom stereocenters. The zero-order chi connectivity index (χ0) is 21.2. The lowest BCUT2D eigenvalue weighted by Gasteiger charge is -2.36. The van der Waals surface area contributed by atoms with E-state index in [0.29, 0.717) is 19.4 Å². The zero-order valence-electron chi connectivity index (χ0n) is 17.8. The number of aryl methyl sites for hydroxylation is 1. The number of hydrogen-bond donors (Lipinski definition) is 1. The largest absolute Gasteiger partial charge is 0.494 e. The third kappa shape index (κ3) is 7.22. The van der Waals surface area contributed by atoms with Crippen molar-refractivity contribution < 1.29 is 9.53 Å². The van der Waals surface area contributed by atoms with Crippen molar-refractivity contribution in [3.8, 4) is 5.75 Å². The first-order chi connectivity index (χ1) is 14.6. The third-order valence-corrected chi connectivity index (χ3v) is 5.84. The number of hydrogen-bond acceptors (Lipinski definition) is 4. The molecule has 0 spiro atoms. The molecule has 1 aliphatic rings. The summed E-state index contributed by atoms with van der Waals surface area (Å²) in [6.45, 7) is 8.50. The zero-order valence-corrected chi connectivity index (χ0v) is 18.5. The molecule has 5 nitrogen and oxygen atoms in total. The van der Waals surface area contributed by atoms with Gasteiger partial charge in [-0.05, 0) is 62.2 Å². The van der Waals surface area contributed by atoms with Gasteiger partial charge in [-0.25, -0.2) is 0 Å². The summed E-state index contributed by atoms with van der Waals surface area (Å²) in [5, 5.41) is 3.76. The molecule has 0 aliphatic carbocycles. The highest BCUT2D eigenvalue weighted by Crippen LogP contribution is 2.21. The van der Waals surface area contributed by atoms with Crippen LogP contribution in [0.25, 0.3) is 0 Å². The van der Waals surface area contributed by atoms with Crippen molar-refractivity contribution in [2.24, 2.45) is 0 Å². The Morgan fingerprint density at radius 2 is 1.83 bits per heavy atom. The molecular weight excluding hydrogens is 398 g/mol. The Labute approximate surface area is 185 Å². The van der Waals surface area contributed by atoms with Crippen molar-refractivity contribution in [3.05, 3.63) is 59.1 Å². The summed E-state index contributed by atoms with van der Waals surface area (Å²) in [4.78, 5) is 16.9. The Hall–Kier alpha value is -2.24. The summed E-state index contributed by atoms with van der Waals surface area (Å²) in [7, 11) is 0. The van der Waals surface area contributed by atoms with Crippen LogP contribution >= 0.6 is 11.6 Å². The van der Waals surface area contributed by atoms with Gasteiger partial charge in [0.25, 0.3) is 0 Å². The smallest absolute Gasteiger partial charge is 0.220 e. The minimum Gasteiger partial charge on any atom is -0.494 e. The topological polar surface area (TPSA) is 44.8 Å². The van der Waals surface area contributed by atoms with E-state index in [-0.39, 0.29) is 5.91 Å². The fourth-order valence-corrected chi connectivity index (χ4v) is 3.73. The fraction of sp³-hybridized carbons (Fsp3) is 0.458. The molecule has 162 valence electrons. The maximum absolute atomic E-state index is 12.0. The summed E-state index contributed by atoms with van der Waals surface area (Å²) >= 11 is 6.01. The maximum Gasteiger partial charge on any atom is 0.220 e. The Balaban J connectivity index is 1.21. The quantitative estimate of drug-likeness (QED) is 0.576. The van der Waals surface area contributed by atoms with E-state index in [1.54, 1.807) is 0 Å². The van der Waals surface area contributed by atoms with E-state index in [1.165, 1.54) is 5.69 Å². The molecule has 1 amide bonds. The van der Waals surface area contributed by atoms with E-state index in [2.05, 4.69) is 45.4 Å². The normalized spacial score (nSPS) is 14.5. The predicted molar refractivity (Wildman–Crippen MR) is 124 cm³/mol. The molecule has 0 saturated carbocycles. The number of rotatable bonds is 10. The number of amides is 1. The summed E-state index contributed by atoms with van der Waals surface area (Å²) in [6.07, 6.45) is 2.18. The van der Waals surface area contributed by atoms with Crippen LogP contribution in [0, 0.1) is 6.92 Å². The highest BCUT2D eigenvalue weighted by atomic mass is 35.5. The van der Waals surface area contributed by atoms with Crippen molar-refractivity contribution in [1.29, 1.82) is 0 Å². The fourth-order valence-electron chi connectivity index (χ4n) is 3.62. The summed E-state index contributed by atoms with van der Waals surface area (Å²) in [5.41, 5.74) is 2.30. The highest BCUT2D eigenvalue weighted by molar-refractivity contribution is 6.31. The van der Waals surface area contributed by atoms with Crippen LogP contribution in [-0.4, -0.2) is 56.7 Å². The number of carbonyl (C=O) groups is 1. The average molecular weight is 430 g/mol. The first kappa shape index (κ1) is 22.4. The number of ether oxygens (including phenoxy) is 1. The van der Waals surface area contributed by atoms with E-state index in [4.69, 9.17) is 16.3 Å². The Morgan fingerprint density at radius 1 is 1.07 bits per heavy atom. The second kappa shape index (κ2) is 11.8. The number of nitrogens with zero attached hydrogens (tertiary/aromatic N) is 2. The van der Waals surface area contributed by atoms with E-state index < -0.39 is 0 Å². The molecule has 0 radical (unpaired) electrons. The van der Waals surface area contributed by atoms with Gasteiger partial charge in [0.2, 0.25) is 5.91 Å². The first-order valence-electron chi connectivity index (χ1n) is 10.8. The number of para-hydroxylation sites is 1. The summed E-state index contributed by atoms with van der Waals surface area (Å²) in [6, 6.07) is 16.2. The van der Waals surface area contributed by atoms with Crippen LogP contribution in [0.4, 0.5) is 5.69 Å². The van der Waals surface area contributed by atoms with Crippen LogP contribution < -0.4 is 15.0 Å². The van der Waals surface area contributed by atoms with Gasteiger partial charge in [0.1, 0.15) is 5.75 Å². The molecule has 1 heterocycles. The highest BCUT2D eigenvalue weighted by Gasteiger charge is 2.16. The van der Waals surface area contributed by atoms with Gasteiger partial charge >= 0.3 is 0 Å². The number of piperazine rings is 1. The lowest BCUT2D eigenvalue weighted by molar-refractivity contribution is -0.121. The molecule has 0 bridgehead atoms. The lowest BCUT2D eigenvalue weighted by Crippen LogP contribution is -2.47. The minimum atomic E-state index is 0.0970. The molecule has 0 unspecified atom stereocenters. The van der Waals surface area contributed by atoms with Crippen LogP contribution in [-0.2, 0) is 4.79 Å². The molecule has 2 aromatic carbocycles. The molecule has 2 aromatic rings. The minimum absolute atomic E-state index is 0.0970. The van der Waals surface area contributed by atoms with Gasteiger partial charge in [-0.3, -0.25) is 9.69 Å². The van der Waals surface area contributed by atoms with E-state index >= 15 is 0 Å². The van der Waals surface area contributed by atoms with Crippen LogP contribution in [0.15, 0.2) is 48.5 Å². The van der Waals surface area contributed by atoms with E-state index in [0.717, 1.165) is 62.0 Å². The van der Waals surface area contributed by atoms with Crippen molar-refractivity contribution in [2.45, 2.75) is 26.2 Å². The predicted octanol–water partition coefficient (Wildman–Crippen LogP) is 4.14. The van der Waals surface area contributed by atoms with Crippen LogP contribution in [0.5, 0.6) is 5.75 Å². The number of anilines is 1. The maximum atomic E-state index is 12.0. The average Bonchev–Trinajstić information content (AvgIpc) is 2.78. The molecule has 1 N–H and O–H groups in total. The van der Waals surface area contributed by atoms with E-state index in [9.17, 15) is 4.79 Å². The number of halogens is 1. The van der Waals surface area contributed by atoms with Crippen LogP contribution in [0.2, 0.25) is 5.02 Å². The first-order valence-corrected chi connectivity index (χ1v) is 11.2. The Bertz CT molecular complexity index is 792. The standard InChI is InChI=1S/C24H32ClN3O2/c1-20-19-22(10-11-23(20)25)30-18-5-9-24(29)26-12-6-13-27-14-16-28(17-15-27)21-7-3-2-4-8-21/h2-4,7-8,10-11,19H,5-6,9,12-18H2,1H3,(H,26,29). The molecular formula is C24H32ClN3O2. The Morgan fingerprint density at radius 3 is 2.57 bits per heavy atom. The summed E-state index contributed by atoms with van der Waals surface area (Å²) < 4.78 is 5.69. The summed E-state index contributed by atoms with van der Waals surface area (Å²) in [5.74, 6) is 0.893. The van der Waals surface area contributed by atoms with Gasteiger partial charge in [-0.1, -0.05) is 29.8 Å². The molecule has 30 heavy (non-hydrogen) atoms. The Kier molecular flexibility index (Phi) is 8.84. The van der Waals surface area contributed by atoms with Crippen LogP contribution in [0.1, 0.15) is 24.8 Å². The third-order valence-electron chi connectivity index (χ3n) is 5.41. The molecule has 1 saturated heterocycles. The molecule has 1 aliphatic heterocycles. The van der Waals surface area contributed by atoms with Crippen molar-refractivity contribution in [1.82, 2.24) is 10.2 Å². The lowest BCUT2D eigenvalue weighted by atomic mass is 10.2. The van der Waals surface area contributed by atoms with Crippen LogP contribution in [0.3, 0.4) is 0 Å². The number of carbonyl (C=O) groups excluding carboxylic acids is 1. The monoisotopic (exact) mass is 429 g/mol. The molecule has 6 heteroatoms. The molecule has 3 rings (SSSR count). The van der Waals surface area contributed by atoms with Gasteiger partial charge in [0, 0.05) is 49.9 Å². The molecule has 1 fully saturated rings. The van der Waals surface area contributed by atoms with Crippen molar-refractivity contribution in [3.63, 3.8) is 0 Å². The van der Waals surface area contributed by atoms with Gasteiger partial charge in [0.05, 0.1) is 6.61 Å². The molecule has 0 aromatic heterocycles. The second-order valence-corrected chi connectivity index (χ2v) is 8.14. The SMILES string of the molecule is Cc1cc(OCCCC(=O)NCCCN2CCN(c3ccccc3)CC2)ccc1Cl. The van der Waals surface area contributed by atoms with Crippen molar-refractivity contribution >= 4 is 23.2 Å².